The molecule has 27 nitrogen and oxygen atoms in total. The number of hydrogen-bond acceptors (Lipinski definition) is 25. The number of pyridine rings is 1. The van der Waals surface area contributed by atoms with Crippen LogP contribution in [0.2, 0.25) is 0 Å². The number of aliphatic hydroxyl groups is 6. The molecule has 2 aromatic heterocycles. The molecule has 0 spiro atoms. The number of nitrogens with zero attached hydrogens (tertiary/aromatic N) is 6. The summed E-state index contributed by atoms with van der Waals surface area (Å²) in [4.78, 5) is 27.6. The van der Waals surface area contributed by atoms with Crippen molar-refractivity contribution in [3.63, 3.8) is 0 Å². The zero-order valence-corrected chi connectivity index (χ0v) is 42.0. The number of carbonyl (C=O) groups excluding carboxylic acids is 1. The van der Waals surface area contributed by atoms with Crippen LogP contribution in [0.3, 0.4) is 0 Å². The third-order valence-electron chi connectivity index (χ3n) is 13.9. The first kappa shape index (κ1) is 56.8. The molecule has 9 rings (SSSR count). The molecule has 72 heavy (non-hydrogen) atoms. The molecular formula is C43H65FN12O15Y-2. The predicted octanol–water partition coefficient (Wildman–Crippen LogP) is -6.87. The molecule has 1 radical (unpaired) electrons. The summed E-state index contributed by atoms with van der Waals surface area (Å²) >= 11 is 0. The van der Waals surface area contributed by atoms with E-state index in [1.165, 1.54) is 6.07 Å². The molecule has 29 heteroatoms. The normalized spacial score (nSPS) is 38.5. The molecule has 4 aliphatic heterocycles. The van der Waals surface area contributed by atoms with Crippen molar-refractivity contribution in [2.24, 2.45) is 34.4 Å². The maximum absolute atomic E-state index is 15.0. The third kappa shape index (κ3) is 12.0. The molecule has 8 unspecified atom stereocenters. The summed E-state index contributed by atoms with van der Waals surface area (Å²) in [5.74, 6) is -0.528. The molecule has 1 aromatic carbocycles. The van der Waals surface area contributed by atoms with Crippen molar-refractivity contribution in [3.8, 4) is 5.75 Å². The first-order chi connectivity index (χ1) is 33.9. The van der Waals surface area contributed by atoms with Gasteiger partial charge in [-0.05, 0) is 37.5 Å². The van der Waals surface area contributed by atoms with E-state index in [4.69, 9.17) is 67.6 Å². The van der Waals surface area contributed by atoms with Crippen LogP contribution in [0.25, 0.3) is 10.9 Å². The van der Waals surface area contributed by atoms with Crippen LogP contribution in [0.1, 0.15) is 25.3 Å². The van der Waals surface area contributed by atoms with E-state index in [-0.39, 0.29) is 75.9 Å². The molecule has 6 fully saturated rings. The number of carbonyl (C=O) groups is 1. The Labute approximate surface area is 437 Å². The Bertz CT molecular complexity index is 2300. The first-order valence-corrected chi connectivity index (χ1v) is 23.4. The van der Waals surface area contributed by atoms with E-state index in [0.29, 0.717) is 31.0 Å². The second-order valence-electron chi connectivity index (χ2n) is 18.7. The fraction of sp³-hybridized carbons (Fsp3) is 0.698. The first-order valence-electron chi connectivity index (χ1n) is 23.4. The minimum absolute atomic E-state index is 0. The van der Waals surface area contributed by atoms with Gasteiger partial charge in [-0.15, -0.1) is 11.4 Å². The Morgan fingerprint density at radius 1 is 0.792 bits per heavy atom. The summed E-state index contributed by atoms with van der Waals surface area (Å²) < 4.78 is 58.2. The van der Waals surface area contributed by atoms with Crippen molar-refractivity contribution in [1.29, 1.82) is 0 Å². The van der Waals surface area contributed by atoms with Gasteiger partial charge in [0.1, 0.15) is 60.8 Å². The van der Waals surface area contributed by atoms with Crippen molar-refractivity contribution < 1.29 is 106 Å². The number of halogens is 1. The van der Waals surface area contributed by atoms with Gasteiger partial charge in [-0.25, -0.2) is 4.39 Å². The zero-order chi connectivity index (χ0) is 51.0. The summed E-state index contributed by atoms with van der Waals surface area (Å²) in [6.45, 7) is 7.19. The number of rotatable bonds is 14. The summed E-state index contributed by atoms with van der Waals surface area (Å²) in [7, 11) is 0. The standard InChI is InChI=1S/C23H45N6O12.C20H20FN6O3.Y/c1-5-18(39-21-10(28)15(33)13(31)8(3-24)37-21)17(35)23(36-5)41-20-12(30)6(26)2-7(27)19(20)40-22-11(29)16(34)14(32)9(4-25)38-22;21-16-9-15-17(27(14-1-2-14)11-19(20(15)29)30-13-28)10-18(16)25-7-5-24(6-8-25)12-26-4-3-22-23-26;/h5-23,30-35H,1-4,24-29H2;4,9-11,13-14H,1-2,5-8,12H2;/q2*-1;/t5-,6-,7?,8+,9?,10-,11?,12?,13?,14+,15?,16-,17?,18+,19+,20-,21?,22+,23+;;/m1../s1. The van der Waals surface area contributed by atoms with E-state index >= 15 is 4.39 Å². The third-order valence-corrected chi connectivity index (χ3v) is 13.9. The Morgan fingerprint density at radius 2 is 1.39 bits per heavy atom. The summed E-state index contributed by atoms with van der Waals surface area (Å²) in [5.41, 5.74) is 36.3. The number of aliphatic hydroxyl groups excluding tert-OH is 6. The maximum atomic E-state index is 15.0. The van der Waals surface area contributed by atoms with Crippen molar-refractivity contribution in [1.82, 2.24) is 24.5 Å². The van der Waals surface area contributed by atoms with Gasteiger partial charge in [0.15, 0.2) is 24.6 Å². The van der Waals surface area contributed by atoms with Gasteiger partial charge in [-0.3, -0.25) is 19.2 Å². The van der Waals surface area contributed by atoms with Gasteiger partial charge >= 0.3 is 0 Å². The Kier molecular flexibility index (Phi) is 19.3. The number of aromatic nitrogens is 4. The van der Waals surface area contributed by atoms with Crippen molar-refractivity contribution in [3.05, 3.63) is 53.7 Å². The van der Waals surface area contributed by atoms with Gasteiger partial charge in [-0.1, -0.05) is 0 Å². The molecule has 2 saturated carbocycles. The van der Waals surface area contributed by atoms with Crippen LogP contribution >= 0.6 is 0 Å². The van der Waals surface area contributed by atoms with E-state index in [9.17, 15) is 40.2 Å². The van der Waals surface area contributed by atoms with Gasteiger partial charge in [0.05, 0.1) is 53.7 Å². The fourth-order valence-electron chi connectivity index (χ4n) is 9.57. The van der Waals surface area contributed by atoms with E-state index < -0.39 is 128 Å². The van der Waals surface area contributed by atoms with Gasteiger partial charge in [0.2, 0.25) is 5.43 Å². The van der Waals surface area contributed by atoms with E-state index in [2.05, 4.69) is 28.3 Å². The molecule has 18 N–H and O–H groups in total. The van der Waals surface area contributed by atoms with Crippen LogP contribution < -0.4 is 49.5 Å². The molecule has 3 aromatic rings. The molecule has 6 heterocycles. The second-order valence-corrected chi connectivity index (χ2v) is 18.7. The Balaban J connectivity index is 0.000000217. The number of anilines is 1. The molecule has 399 valence electrons. The molecular weight excluding hydrogens is 1030 g/mol. The minimum Gasteiger partial charge on any atom is -0.423 e. The Morgan fingerprint density at radius 3 is 1.94 bits per heavy atom. The summed E-state index contributed by atoms with van der Waals surface area (Å²) in [6, 6.07) is -0.794. The number of hydrogen-bond donors (Lipinski definition) is 12. The second kappa shape index (κ2) is 24.4. The topological polar surface area (TPSA) is 418 Å². The molecule has 0 amide bonds. The van der Waals surface area contributed by atoms with Crippen molar-refractivity contribution >= 4 is 23.1 Å². The quantitative estimate of drug-likeness (QED) is 0.0527. The molecule has 2 aliphatic carbocycles. The zero-order valence-electron chi connectivity index (χ0n) is 39.2. The Hall–Kier alpha value is -2.89. The van der Waals surface area contributed by atoms with Gasteiger partial charge in [0, 0.05) is 90.1 Å². The van der Waals surface area contributed by atoms with E-state index in [1.54, 1.807) is 23.1 Å². The number of fused-ring (bicyclic) bond motifs is 1. The van der Waals surface area contributed by atoms with Gasteiger partial charge in [0.25, 0.3) is 6.47 Å². The minimum atomic E-state index is -1.51. The average molecular weight is 1100 g/mol. The SMILES string of the molecule is O=COc1cn(C2CC2)c2cc(N3CCN(Cn4c[c-]nn4)CC3)c(F)cc2c1=O.[CH2-][C@H]1O[C@@H](O[C@@H]2C(O)[C@H](N)CC(N)[C@@H]2O[C@@H]2OC(CN)[C@H](O)[C@H](O)C2N)C(O)[C@H]1OC1O[C@@H](CN)C(O)C(O)[C@H]1N.[Y]. The van der Waals surface area contributed by atoms with Crippen LogP contribution in [-0.4, -0.2) is 217 Å². The summed E-state index contributed by atoms with van der Waals surface area (Å²) in [5, 5.41) is 70.7. The fourth-order valence-corrected chi connectivity index (χ4v) is 9.57. The summed E-state index contributed by atoms with van der Waals surface area (Å²) in [6.07, 6.45) is -11.0. The predicted molar refractivity (Wildman–Crippen MR) is 242 cm³/mol. The van der Waals surface area contributed by atoms with Gasteiger partial charge in [-0.2, -0.15) is 0 Å². The molecule has 4 saturated heterocycles. The van der Waals surface area contributed by atoms with Crippen LogP contribution in [0.15, 0.2) is 29.3 Å². The number of ether oxygens (including phenoxy) is 7. The van der Waals surface area contributed by atoms with Crippen molar-refractivity contribution in [2.75, 3.05) is 44.2 Å². The maximum Gasteiger partial charge on any atom is 0.298 e. The number of nitrogens with two attached hydrogens (primary N) is 6. The average Bonchev–Trinajstić information content (AvgIpc) is 4.01. The molecule has 0 bridgehead atoms. The smallest absolute Gasteiger partial charge is 0.298 e. The molecule has 6 aliphatic rings. The van der Waals surface area contributed by atoms with E-state index in [1.807, 2.05) is 9.47 Å². The van der Waals surface area contributed by atoms with Crippen LogP contribution in [0, 0.1) is 18.9 Å². The largest absolute Gasteiger partial charge is 0.423 e. The number of benzene rings is 1. The van der Waals surface area contributed by atoms with E-state index in [0.717, 1.165) is 25.9 Å². The van der Waals surface area contributed by atoms with Crippen LogP contribution in [0.4, 0.5) is 10.1 Å². The molecule has 19 atom stereocenters. The van der Waals surface area contributed by atoms with Crippen LogP contribution in [0.5, 0.6) is 5.75 Å². The number of piperazine rings is 1. The van der Waals surface area contributed by atoms with Crippen LogP contribution in [-0.2, 0) is 72.6 Å². The van der Waals surface area contributed by atoms with Gasteiger partial charge < -0.3 is 126 Å². The van der Waals surface area contributed by atoms with Crippen molar-refractivity contribution in [2.45, 2.75) is 148 Å². The monoisotopic (exact) mass is 1100 g/mol.